The molecule has 2 amide bonds. The zero-order valence-corrected chi connectivity index (χ0v) is 10.8. The van der Waals surface area contributed by atoms with Gasteiger partial charge in [0.2, 0.25) is 11.8 Å². The molecule has 19 heavy (non-hydrogen) atoms. The topological polar surface area (TPSA) is 120 Å². The number of nitriles is 2. The van der Waals surface area contributed by atoms with Crippen LogP contribution in [-0.4, -0.2) is 17.4 Å². The fourth-order valence-electron chi connectivity index (χ4n) is 3.68. The van der Waals surface area contributed by atoms with Crippen molar-refractivity contribution < 1.29 is 9.59 Å². The second-order valence-corrected chi connectivity index (χ2v) is 5.86. The molecule has 0 radical (unpaired) electrons. The molecular formula is C13H16N4O2. The first-order valence-corrected chi connectivity index (χ1v) is 6.29. The summed E-state index contributed by atoms with van der Waals surface area (Å²) < 4.78 is 0. The summed E-state index contributed by atoms with van der Waals surface area (Å²) in [6.45, 7) is 1.88. The summed E-state index contributed by atoms with van der Waals surface area (Å²) in [5, 5.41) is 21.1. The Balaban J connectivity index is 2.45. The summed E-state index contributed by atoms with van der Waals surface area (Å²) in [6.07, 6.45) is 2.51. The fraction of sp³-hybridized carbons (Fsp3) is 0.692. The van der Waals surface area contributed by atoms with Crippen molar-refractivity contribution in [2.45, 2.75) is 38.1 Å². The largest absolute Gasteiger partial charge is 0.368 e. The fourth-order valence-corrected chi connectivity index (χ4v) is 3.68. The van der Waals surface area contributed by atoms with E-state index >= 15 is 0 Å². The average Bonchev–Trinajstić information content (AvgIpc) is 2.27. The van der Waals surface area contributed by atoms with Crippen molar-refractivity contribution in [3.63, 3.8) is 0 Å². The van der Waals surface area contributed by atoms with E-state index in [1.807, 2.05) is 19.1 Å². The van der Waals surface area contributed by atoms with E-state index in [0.29, 0.717) is 12.8 Å². The van der Waals surface area contributed by atoms with Gasteiger partial charge in [0, 0.05) is 0 Å². The van der Waals surface area contributed by atoms with Crippen LogP contribution in [0.2, 0.25) is 0 Å². The Morgan fingerprint density at radius 3 is 2.74 bits per heavy atom. The van der Waals surface area contributed by atoms with Gasteiger partial charge in [-0.15, -0.1) is 0 Å². The van der Waals surface area contributed by atoms with E-state index in [-0.39, 0.29) is 0 Å². The Hall–Kier alpha value is -2.08. The Morgan fingerprint density at radius 2 is 2.21 bits per heavy atom. The maximum atomic E-state index is 12.1. The first kappa shape index (κ1) is 13.4. The lowest BCUT2D eigenvalue weighted by molar-refractivity contribution is -0.141. The second kappa shape index (κ2) is 4.24. The first-order valence-electron chi connectivity index (χ1n) is 6.29. The van der Waals surface area contributed by atoms with Gasteiger partial charge in [0.25, 0.3) is 0 Å². The minimum atomic E-state index is -1.05. The molecule has 6 heteroatoms. The standard InChI is InChI=1S/C13H16N4O2/c1-12-3-2-4-13(7-12,8(5-14)10(16)18)17-11(19)9(12)6-15/h8-9H,2-4,7H2,1H3,(H2,16,18)(H,17,19)/t8-,9-,12+,13+/m0/s1. The van der Waals surface area contributed by atoms with Crippen LogP contribution in [0.4, 0.5) is 0 Å². The van der Waals surface area contributed by atoms with Gasteiger partial charge in [0.15, 0.2) is 0 Å². The van der Waals surface area contributed by atoms with Crippen LogP contribution in [0.15, 0.2) is 0 Å². The number of primary amides is 1. The predicted octanol–water partition coefficient (Wildman–Crippen LogP) is 0.200. The number of fused-ring (bicyclic) bond motifs is 2. The molecule has 1 saturated heterocycles. The maximum absolute atomic E-state index is 12.1. The molecule has 2 aliphatic rings. The monoisotopic (exact) mass is 260 g/mol. The van der Waals surface area contributed by atoms with Crippen LogP contribution in [0, 0.1) is 39.9 Å². The number of nitrogens with zero attached hydrogens (tertiary/aromatic N) is 2. The van der Waals surface area contributed by atoms with Crippen LogP contribution in [0.5, 0.6) is 0 Å². The quantitative estimate of drug-likeness (QED) is 0.736. The van der Waals surface area contributed by atoms with Crippen molar-refractivity contribution in [2.75, 3.05) is 0 Å². The summed E-state index contributed by atoms with van der Waals surface area (Å²) in [5.74, 6) is -2.89. The third-order valence-electron chi connectivity index (χ3n) is 4.52. The highest BCUT2D eigenvalue weighted by molar-refractivity contribution is 5.87. The lowest BCUT2D eigenvalue weighted by Gasteiger charge is -2.53. The van der Waals surface area contributed by atoms with Gasteiger partial charge in [-0.1, -0.05) is 13.3 Å². The molecule has 1 heterocycles. The average molecular weight is 260 g/mol. The highest BCUT2D eigenvalue weighted by atomic mass is 16.2. The molecule has 0 aromatic heterocycles. The molecule has 0 unspecified atom stereocenters. The SMILES string of the molecule is C[C@@]12CCC[C@]([C@@H](C#N)C(N)=O)(C1)NC(=O)[C@@H]2C#N. The molecule has 0 aromatic rings. The van der Waals surface area contributed by atoms with Gasteiger partial charge >= 0.3 is 0 Å². The third kappa shape index (κ3) is 1.84. The Kier molecular flexibility index (Phi) is 2.98. The first-order chi connectivity index (χ1) is 8.88. The van der Waals surface area contributed by atoms with Crippen LogP contribution in [-0.2, 0) is 9.59 Å². The smallest absolute Gasteiger partial charge is 0.238 e. The molecule has 2 rings (SSSR count). The molecule has 2 bridgehead atoms. The minimum absolute atomic E-state index is 0.391. The molecule has 1 aliphatic heterocycles. The van der Waals surface area contributed by atoms with Gasteiger partial charge in [-0.05, 0) is 24.7 Å². The molecular weight excluding hydrogens is 244 g/mol. The van der Waals surface area contributed by atoms with Crippen LogP contribution in [0.1, 0.15) is 32.6 Å². The van der Waals surface area contributed by atoms with Gasteiger partial charge in [-0.3, -0.25) is 9.59 Å². The van der Waals surface area contributed by atoms with Gasteiger partial charge in [0.1, 0.15) is 11.8 Å². The molecule has 6 nitrogen and oxygen atoms in total. The summed E-state index contributed by atoms with van der Waals surface area (Å²) in [7, 11) is 0. The summed E-state index contributed by atoms with van der Waals surface area (Å²) in [5.41, 5.74) is 3.90. The van der Waals surface area contributed by atoms with Gasteiger partial charge in [-0.25, -0.2) is 0 Å². The molecule has 4 atom stereocenters. The Bertz CT molecular complexity index is 518. The number of rotatable bonds is 2. The lowest BCUT2D eigenvalue weighted by Crippen LogP contribution is -2.67. The van der Waals surface area contributed by atoms with E-state index in [0.717, 1.165) is 12.8 Å². The molecule has 2 fully saturated rings. The van der Waals surface area contributed by atoms with Crippen LogP contribution >= 0.6 is 0 Å². The lowest BCUT2D eigenvalue weighted by atomic mass is 9.55. The minimum Gasteiger partial charge on any atom is -0.368 e. The summed E-state index contributed by atoms with van der Waals surface area (Å²) >= 11 is 0. The van der Waals surface area contributed by atoms with Crippen molar-refractivity contribution in [1.29, 1.82) is 10.5 Å². The van der Waals surface area contributed by atoms with Crippen LogP contribution < -0.4 is 11.1 Å². The van der Waals surface area contributed by atoms with Crippen molar-refractivity contribution >= 4 is 11.8 Å². The Labute approximate surface area is 111 Å². The molecule has 100 valence electrons. The van der Waals surface area contributed by atoms with Crippen LogP contribution in [0.3, 0.4) is 0 Å². The van der Waals surface area contributed by atoms with Crippen molar-refractivity contribution in [1.82, 2.24) is 5.32 Å². The highest BCUT2D eigenvalue weighted by Gasteiger charge is 2.58. The number of nitrogens with one attached hydrogen (secondary N) is 1. The van der Waals surface area contributed by atoms with Gasteiger partial charge in [0.05, 0.1) is 17.7 Å². The van der Waals surface area contributed by atoms with E-state index in [1.165, 1.54) is 0 Å². The highest BCUT2D eigenvalue weighted by Crippen LogP contribution is 2.51. The van der Waals surface area contributed by atoms with Crippen molar-refractivity contribution in [2.24, 2.45) is 23.0 Å². The van der Waals surface area contributed by atoms with E-state index in [2.05, 4.69) is 5.32 Å². The number of amides is 2. The van der Waals surface area contributed by atoms with E-state index < -0.39 is 34.6 Å². The molecule has 3 N–H and O–H groups in total. The molecule has 1 aliphatic carbocycles. The summed E-state index contributed by atoms with van der Waals surface area (Å²) in [6, 6.07) is 3.96. The normalized spacial score (nSPS) is 38.5. The summed E-state index contributed by atoms with van der Waals surface area (Å²) in [4.78, 5) is 23.6. The maximum Gasteiger partial charge on any atom is 0.238 e. The van der Waals surface area contributed by atoms with E-state index in [4.69, 9.17) is 11.0 Å². The number of hydrogen-bond donors (Lipinski definition) is 2. The number of carbonyl (C=O) groups excluding carboxylic acids is 2. The van der Waals surface area contributed by atoms with E-state index in [9.17, 15) is 14.9 Å². The Morgan fingerprint density at radius 1 is 1.53 bits per heavy atom. The number of carbonyl (C=O) groups is 2. The van der Waals surface area contributed by atoms with Crippen molar-refractivity contribution in [3.8, 4) is 12.1 Å². The predicted molar refractivity (Wildman–Crippen MR) is 64.8 cm³/mol. The van der Waals surface area contributed by atoms with Gasteiger partial charge in [-0.2, -0.15) is 10.5 Å². The van der Waals surface area contributed by atoms with Gasteiger partial charge < -0.3 is 11.1 Å². The van der Waals surface area contributed by atoms with E-state index in [1.54, 1.807) is 0 Å². The third-order valence-corrected chi connectivity index (χ3v) is 4.52. The second-order valence-electron chi connectivity index (χ2n) is 5.86. The number of hydrogen-bond acceptors (Lipinski definition) is 4. The molecule has 1 saturated carbocycles. The van der Waals surface area contributed by atoms with Crippen molar-refractivity contribution in [3.05, 3.63) is 0 Å². The zero-order valence-electron chi connectivity index (χ0n) is 10.8. The number of nitrogens with two attached hydrogens (primary N) is 1. The molecule has 0 spiro atoms. The van der Waals surface area contributed by atoms with Crippen LogP contribution in [0.25, 0.3) is 0 Å². The number of piperidine rings is 1. The zero-order chi connectivity index (χ0) is 14.3. The molecule has 0 aromatic carbocycles.